The zero-order valence-electron chi connectivity index (χ0n) is 9.51. The van der Waals surface area contributed by atoms with Crippen LogP contribution in [0.5, 0.6) is 5.75 Å². The molecule has 0 radical (unpaired) electrons. The number of halogens is 1. The first-order chi connectivity index (χ1) is 7.13. The zero-order chi connectivity index (χ0) is 11.3. The van der Waals surface area contributed by atoms with Crippen LogP contribution in [-0.4, -0.2) is 13.7 Å². The topological polar surface area (TPSA) is 21.3 Å². The van der Waals surface area contributed by atoms with Gasteiger partial charge in [-0.2, -0.15) is 0 Å². The molecule has 0 aromatic heterocycles. The van der Waals surface area contributed by atoms with Gasteiger partial charge in [0.25, 0.3) is 0 Å². The van der Waals surface area contributed by atoms with Crippen LogP contribution in [0.4, 0.5) is 0 Å². The van der Waals surface area contributed by atoms with Crippen LogP contribution in [0, 0.1) is 5.92 Å². The molecule has 3 heteroatoms. The molecule has 0 saturated heterocycles. The van der Waals surface area contributed by atoms with Crippen LogP contribution in [-0.2, 0) is 6.54 Å². The van der Waals surface area contributed by atoms with Gasteiger partial charge in [-0.05, 0) is 36.2 Å². The van der Waals surface area contributed by atoms with Gasteiger partial charge in [-0.25, -0.2) is 0 Å². The molecular weight excluding hydrogens is 210 g/mol. The minimum atomic E-state index is 0.648. The molecule has 0 aliphatic carbocycles. The molecule has 0 heterocycles. The summed E-state index contributed by atoms with van der Waals surface area (Å²) in [4.78, 5) is 0. The third kappa shape index (κ3) is 4.10. The van der Waals surface area contributed by atoms with Crippen molar-refractivity contribution in [1.82, 2.24) is 5.32 Å². The monoisotopic (exact) mass is 227 g/mol. The minimum absolute atomic E-state index is 0.648. The number of benzene rings is 1. The summed E-state index contributed by atoms with van der Waals surface area (Å²) in [7, 11) is 1.66. The Bertz CT molecular complexity index is 312. The second-order valence-corrected chi connectivity index (χ2v) is 4.39. The number of hydrogen-bond donors (Lipinski definition) is 1. The first-order valence-corrected chi connectivity index (χ1v) is 5.54. The maximum absolute atomic E-state index is 6.07. The van der Waals surface area contributed by atoms with Gasteiger partial charge >= 0.3 is 0 Å². The molecule has 0 aliphatic heterocycles. The lowest BCUT2D eigenvalue weighted by Crippen LogP contribution is -2.19. The van der Waals surface area contributed by atoms with Crippen molar-refractivity contribution >= 4 is 11.6 Å². The molecule has 0 amide bonds. The van der Waals surface area contributed by atoms with Gasteiger partial charge in [0.1, 0.15) is 5.75 Å². The fourth-order valence-corrected chi connectivity index (χ4v) is 1.49. The van der Waals surface area contributed by atoms with Crippen molar-refractivity contribution in [3.63, 3.8) is 0 Å². The third-order valence-corrected chi connectivity index (χ3v) is 2.49. The zero-order valence-corrected chi connectivity index (χ0v) is 10.3. The number of ether oxygens (including phenoxy) is 1. The van der Waals surface area contributed by atoms with Crippen molar-refractivity contribution in [2.75, 3.05) is 13.7 Å². The summed E-state index contributed by atoms with van der Waals surface area (Å²) in [6.45, 7) is 6.14. The quantitative estimate of drug-likeness (QED) is 0.835. The average Bonchev–Trinajstić information content (AvgIpc) is 2.20. The van der Waals surface area contributed by atoms with Gasteiger partial charge in [-0.1, -0.05) is 25.4 Å². The van der Waals surface area contributed by atoms with Crippen LogP contribution in [0.15, 0.2) is 18.2 Å². The first-order valence-electron chi connectivity index (χ1n) is 5.16. The third-order valence-electron chi connectivity index (χ3n) is 2.12. The normalized spacial score (nSPS) is 10.7. The van der Waals surface area contributed by atoms with Gasteiger partial charge in [0.15, 0.2) is 0 Å². The number of hydrogen-bond acceptors (Lipinski definition) is 2. The number of methoxy groups -OCH3 is 1. The van der Waals surface area contributed by atoms with Crippen molar-refractivity contribution in [3.05, 3.63) is 28.8 Å². The first kappa shape index (κ1) is 12.3. The van der Waals surface area contributed by atoms with Crippen molar-refractivity contribution in [3.8, 4) is 5.75 Å². The predicted molar refractivity (Wildman–Crippen MR) is 64.5 cm³/mol. The van der Waals surface area contributed by atoms with Crippen LogP contribution >= 0.6 is 11.6 Å². The van der Waals surface area contributed by atoms with E-state index in [1.54, 1.807) is 7.11 Å². The van der Waals surface area contributed by atoms with E-state index in [4.69, 9.17) is 16.3 Å². The van der Waals surface area contributed by atoms with Crippen LogP contribution in [0.3, 0.4) is 0 Å². The van der Waals surface area contributed by atoms with Crippen molar-refractivity contribution in [2.45, 2.75) is 20.4 Å². The van der Waals surface area contributed by atoms with Crippen molar-refractivity contribution in [1.29, 1.82) is 0 Å². The maximum atomic E-state index is 6.07. The lowest BCUT2D eigenvalue weighted by Gasteiger charge is -2.10. The molecule has 0 bridgehead atoms. The molecule has 0 fully saturated rings. The minimum Gasteiger partial charge on any atom is -0.497 e. The smallest absolute Gasteiger partial charge is 0.119 e. The van der Waals surface area contributed by atoms with Crippen molar-refractivity contribution < 1.29 is 4.74 Å². The molecule has 0 saturated carbocycles. The van der Waals surface area contributed by atoms with Gasteiger partial charge in [0.05, 0.1) is 7.11 Å². The van der Waals surface area contributed by atoms with E-state index < -0.39 is 0 Å². The van der Waals surface area contributed by atoms with E-state index in [2.05, 4.69) is 19.2 Å². The Balaban J connectivity index is 2.59. The van der Waals surface area contributed by atoms with Gasteiger partial charge < -0.3 is 10.1 Å². The molecule has 15 heavy (non-hydrogen) atoms. The lowest BCUT2D eigenvalue weighted by molar-refractivity contribution is 0.414. The van der Waals surface area contributed by atoms with E-state index in [1.165, 1.54) is 0 Å². The van der Waals surface area contributed by atoms with Gasteiger partial charge in [0.2, 0.25) is 0 Å². The Hall–Kier alpha value is -0.730. The maximum Gasteiger partial charge on any atom is 0.119 e. The highest BCUT2D eigenvalue weighted by molar-refractivity contribution is 6.31. The van der Waals surface area contributed by atoms with Gasteiger partial charge in [-0.15, -0.1) is 0 Å². The largest absolute Gasteiger partial charge is 0.497 e. The fourth-order valence-electron chi connectivity index (χ4n) is 1.31. The van der Waals surface area contributed by atoms with E-state index in [0.717, 1.165) is 29.4 Å². The molecule has 0 spiro atoms. The molecule has 2 nitrogen and oxygen atoms in total. The van der Waals surface area contributed by atoms with Crippen LogP contribution in [0.1, 0.15) is 19.4 Å². The highest BCUT2D eigenvalue weighted by Gasteiger charge is 2.02. The molecule has 0 atom stereocenters. The molecule has 1 aromatic rings. The molecule has 1 aromatic carbocycles. The molecule has 0 unspecified atom stereocenters. The lowest BCUT2D eigenvalue weighted by atomic mass is 10.2. The van der Waals surface area contributed by atoms with Crippen LogP contribution < -0.4 is 10.1 Å². The second kappa shape index (κ2) is 5.99. The Kier molecular flexibility index (Phi) is 4.92. The highest BCUT2D eigenvalue weighted by atomic mass is 35.5. The van der Waals surface area contributed by atoms with Gasteiger partial charge in [-0.3, -0.25) is 0 Å². The van der Waals surface area contributed by atoms with E-state index >= 15 is 0 Å². The Morgan fingerprint density at radius 1 is 1.40 bits per heavy atom. The number of rotatable bonds is 5. The standard InChI is InChI=1S/C12H18ClNO/c1-9(2)7-14-8-10-6-11(15-3)4-5-12(10)13/h4-6,9,14H,7-8H2,1-3H3. The average molecular weight is 228 g/mol. The summed E-state index contributed by atoms with van der Waals surface area (Å²) in [6.07, 6.45) is 0. The van der Waals surface area contributed by atoms with Crippen molar-refractivity contribution in [2.24, 2.45) is 5.92 Å². The summed E-state index contributed by atoms with van der Waals surface area (Å²) in [5.74, 6) is 1.50. The molecule has 1 N–H and O–H groups in total. The van der Waals surface area contributed by atoms with E-state index in [-0.39, 0.29) is 0 Å². The van der Waals surface area contributed by atoms with Gasteiger partial charge in [0, 0.05) is 11.6 Å². The number of nitrogens with one attached hydrogen (secondary N) is 1. The molecule has 1 rings (SSSR count). The summed E-state index contributed by atoms with van der Waals surface area (Å²) < 4.78 is 5.15. The predicted octanol–water partition coefficient (Wildman–Crippen LogP) is 3.09. The summed E-state index contributed by atoms with van der Waals surface area (Å²) >= 11 is 6.07. The van der Waals surface area contributed by atoms with E-state index in [1.807, 2.05) is 18.2 Å². The Labute approximate surface area is 96.6 Å². The SMILES string of the molecule is COc1ccc(Cl)c(CNCC(C)C)c1. The Morgan fingerprint density at radius 3 is 2.73 bits per heavy atom. The van der Waals surface area contributed by atoms with Crippen LogP contribution in [0.25, 0.3) is 0 Å². The molecular formula is C12H18ClNO. The highest BCUT2D eigenvalue weighted by Crippen LogP contribution is 2.21. The van der Waals surface area contributed by atoms with Crippen LogP contribution in [0.2, 0.25) is 5.02 Å². The van der Waals surface area contributed by atoms with E-state index in [9.17, 15) is 0 Å². The fraction of sp³-hybridized carbons (Fsp3) is 0.500. The summed E-state index contributed by atoms with van der Waals surface area (Å²) in [5, 5.41) is 4.14. The van der Waals surface area contributed by atoms with E-state index in [0.29, 0.717) is 5.92 Å². The molecule has 84 valence electrons. The molecule has 0 aliphatic rings. The summed E-state index contributed by atoms with van der Waals surface area (Å²) in [6, 6.07) is 5.71. The summed E-state index contributed by atoms with van der Waals surface area (Å²) in [5.41, 5.74) is 1.08. The Morgan fingerprint density at radius 2 is 2.13 bits per heavy atom. The second-order valence-electron chi connectivity index (χ2n) is 3.98.